The van der Waals surface area contributed by atoms with E-state index in [1.165, 1.54) is 51.4 Å². The number of ether oxygens (including phenoxy) is 1. The molecule has 1 rings (SSSR count). The van der Waals surface area contributed by atoms with Crippen LogP contribution in [0.3, 0.4) is 0 Å². The van der Waals surface area contributed by atoms with Crippen molar-refractivity contribution < 1.29 is 24.5 Å². The van der Waals surface area contributed by atoms with Crippen molar-refractivity contribution >= 4 is 11.9 Å². The van der Waals surface area contributed by atoms with E-state index in [1.54, 1.807) is 0 Å². The minimum absolute atomic E-state index is 0.0629. The maximum absolute atomic E-state index is 12.4. The molecule has 0 amide bonds. The molecule has 1 saturated heterocycles. The van der Waals surface area contributed by atoms with Crippen LogP contribution in [0.2, 0.25) is 0 Å². The van der Waals surface area contributed by atoms with E-state index in [1.807, 2.05) is 4.90 Å². The van der Waals surface area contributed by atoms with Gasteiger partial charge in [0.2, 0.25) is 0 Å². The SMILES string of the molecule is CCCCCCCCC(CCCCCC)OC(=O)CCCCCN1C[C@@H](O)C[C@H]1C(=O)O. The van der Waals surface area contributed by atoms with E-state index in [9.17, 15) is 19.8 Å². The minimum atomic E-state index is -0.861. The Balaban J connectivity index is 2.23. The number of hydrogen-bond acceptors (Lipinski definition) is 5. The van der Waals surface area contributed by atoms with E-state index in [2.05, 4.69) is 13.8 Å². The van der Waals surface area contributed by atoms with Crippen molar-refractivity contribution in [1.29, 1.82) is 0 Å². The number of β-amino-alcohol motifs (C(OH)–C–C–N with tert-alkyl or cyclic N) is 1. The quantitative estimate of drug-likeness (QED) is 0.181. The summed E-state index contributed by atoms with van der Waals surface area (Å²) in [5, 5.41) is 19.0. The lowest BCUT2D eigenvalue weighted by molar-refractivity contribution is -0.150. The highest BCUT2D eigenvalue weighted by atomic mass is 16.5. The summed E-state index contributed by atoms with van der Waals surface area (Å²) in [5.74, 6) is -0.947. The number of hydrogen-bond donors (Lipinski definition) is 2. The van der Waals surface area contributed by atoms with Gasteiger partial charge in [-0.05, 0) is 45.1 Å². The second kappa shape index (κ2) is 18.3. The number of aliphatic hydroxyl groups is 1. The molecular formula is C26H49NO5. The fourth-order valence-electron chi connectivity index (χ4n) is 4.60. The highest BCUT2D eigenvalue weighted by molar-refractivity contribution is 5.74. The Morgan fingerprint density at radius 3 is 2.06 bits per heavy atom. The van der Waals surface area contributed by atoms with Crippen molar-refractivity contribution in [3.63, 3.8) is 0 Å². The maximum Gasteiger partial charge on any atom is 0.321 e. The van der Waals surface area contributed by atoms with Crippen LogP contribution in [0.5, 0.6) is 0 Å². The number of aliphatic carboxylic acids is 1. The van der Waals surface area contributed by atoms with Crippen LogP contribution in [0.4, 0.5) is 0 Å². The number of unbranched alkanes of at least 4 members (excludes halogenated alkanes) is 10. The van der Waals surface area contributed by atoms with Gasteiger partial charge in [0.05, 0.1) is 6.10 Å². The molecule has 1 heterocycles. The summed E-state index contributed by atoms with van der Waals surface area (Å²) >= 11 is 0. The molecule has 0 aliphatic carbocycles. The average Bonchev–Trinajstić information content (AvgIpc) is 3.14. The molecule has 0 bridgehead atoms. The van der Waals surface area contributed by atoms with Gasteiger partial charge in [0.25, 0.3) is 0 Å². The van der Waals surface area contributed by atoms with Gasteiger partial charge < -0.3 is 14.9 Å². The van der Waals surface area contributed by atoms with Crippen LogP contribution in [-0.2, 0) is 14.3 Å². The molecule has 0 aromatic heterocycles. The van der Waals surface area contributed by atoms with E-state index in [4.69, 9.17) is 4.74 Å². The smallest absolute Gasteiger partial charge is 0.321 e. The van der Waals surface area contributed by atoms with E-state index in [0.717, 1.165) is 44.9 Å². The molecule has 0 saturated carbocycles. The van der Waals surface area contributed by atoms with Crippen LogP contribution >= 0.6 is 0 Å². The second-order valence-corrected chi connectivity index (χ2v) is 9.57. The summed E-state index contributed by atoms with van der Waals surface area (Å²) in [5.41, 5.74) is 0. The molecule has 0 aromatic carbocycles. The molecule has 0 radical (unpaired) electrons. The van der Waals surface area contributed by atoms with Gasteiger partial charge in [0, 0.05) is 19.4 Å². The Morgan fingerprint density at radius 1 is 0.875 bits per heavy atom. The minimum Gasteiger partial charge on any atom is -0.480 e. The molecule has 3 atom stereocenters. The Bertz CT molecular complexity index is 499. The normalized spacial score (nSPS) is 19.8. The number of carbonyl (C=O) groups excluding carboxylic acids is 1. The standard InChI is InChI=1S/C26H49NO5/c1-3-5-7-9-10-13-17-23(16-12-8-6-4-2)32-25(29)18-14-11-15-19-27-21-22(28)20-24(27)26(30)31/h22-24,28H,3-21H2,1-2H3,(H,30,31)/t22-,23?,24-/m0/s1. The fraction of sp³-hybridized carbons (Fsp3) is 0.923. The summed E-state index contributed by atoms with van der Waals surface area (Å²) in [4.78, 5) is 25.5. The fourth-order valence-corrected chi connectivity index (χ4v) is 4.60. The first-order valence-corrected chi connectivity index (χ1v) is 13.3. The average molecular weight is 456 g/mol. The molecular weight excluding hydrogens is 406 g/mol. The van der Waals surface area contributed by atoms with Crippen molar-refractivity contribution in [2.45, 2.75) is 141 Å². The van der Waals surface area contributed by atoms with Gasteiger partial charge in [0.1, 0.15) is 12.1 Å². The summed E-state index contributed by atoms with van der Waals surface area (Å²) in [6.07, 6.45) is 17.0. The summed E-state index contributed by atoms with van der Waals surface area (Å²) in [6, 6.07) is -0.578. The highest BCUT2D eigenvalue weighted by Crippen LogP contribution is 2.20. The first-order chi connectivity index (χ1) is 15.5. The maximum atomic E-state index is 12.4. The Hall–Kier alpha value is -1.14. The third-order valence-electron chi connectivity index (χ3n) is 6.55. The van der Waals surface area contributed by atoms with Gasteiger partial charge >= 0.3 is 11.9 Å². The Morgan fingerprint density at radius 2 is 1.44 bits per heavy atom. The summed E-state index contributed by atoms with van der Waals surface area (Å²) in [7, 11) is 0. The van der Waals surface area contributed by atoms with E-state index < -0.39 is 18.1 Å². The number of carboxylic acid groups (broad SMARTS) is 1. The highest BCUT2D eigenvalue weighted by Gasteiger charge is 2.35. The molecule has 1 unspecified atom stereocenters. The van der Waals surface area contributed by atoms with E-state index >= 15 is 0 Å². The third-order valence-corrected chi connectivity index (χ3v) is 6.55. The molecule has 6 nitrogen and oxygen atoms in total. The van der Waals surface area contributed by atoms with Crippen molar-refractivity contribution in [3.8, 4) is 0 Å². The monoisotopic (exact) mass is 455 g/mol. The summed E-state index contributed by atoms with van der Waals surface area (Å²) < 4.78 is 5.84. The van der Waals surface area contributed by atoms with Crippen LogP contribution in [0.1, 0.15) is 123 Å². The molecule has 188 valence electrons. The van der Waals surface area contributed by atoms with E-state index in [-0.39, 0.29) is 12.1 Å². The van der Waals surface area contributed by atoms with Gasteiger partial charge in [-0.15, -0.1) is 0 Å². The predicted octanol–water partition coefficient (Wildman–Crippen LogP) is 5.70. The van der Waals surface area contributed by atoms with Crippen LogP contribution in [0, 0.1) is 0 Å². The number of likely N-dealkylation sites (tertiary alicyclic amines) is 1. The largest absolute Gasteiger partial charge is 0.480 e. The first kappa shape index (κ1) is 28.9. The van der Waals surface area contributed by atoms with E-state index in [0.29, 0.717) is 25.9 Å². The first-order valence-electron chi connectivity index (χ1n) is 13.3. The predicted molar refractivity (Wildman–Crippen MR) is 129 cm³/mol. The van der Waals surface area contributed by atoms with Crippen LogP contribution in [0.15, 0.2) is 0 Å². The molecule has 0 spiro atoms. The number of rotatable bonds is 20. The second-order valence-electron chi connectivity index (χ2n) is 9.57. The van der Waals surface area contributed by atoms with Crippen molar-refractivity contribution in [2.24, 2.45) is 0 Å². The third kappa shape index (κ3) is 13.4. The zero-order valence-electron chi connectivity index (χ0n) is 20.7. The number of nitrogens with zero attached hydrogens (tertiary/aromatic N) is 1. The molecule has 2 N–H and O–H groups in total. The van der Waals surface area contributed by atoms with Gasteiger partial charge in [-0.25, -0.2) is 0 Å². The van der Waals surface area contributed by atoms with Crippen molar-refractivity contribution in [2.75, 3.05) is 13.1 Å². The van der Waals surface area contributed by atoms with Crippen molar-refractivity contribution in [3.05, 3.63) is 0 Å². The van der Waals surface area contributed by atoms with Crippen LogP contribution in [-0.4, -0.2) is 58.4 Å². The van der Waals surface area contributed by atoms with Crippen molar-refractivity contribution in [1.82, 2.24) is 4.90 Å². The van der Waals surface area contributed by atoms with Gasteiger partial charge in [-0.3, -0.25) is 14.5 Å². The number of aliphatic hydroxyl groups excluding tert-OH is 1. The number of carboxylic acids is 1. The summed E-state index contributed by atoms with van der Waals surface area (Å²) in [6.45, 7) is 5.52. The van der Waals surface area contributed by atoms with Gasteiger partial charge in [0.15, 0.2) is 0 Å². The van der Waals surface area contributed by atoms with Gasteiger partial charge in [-0.1, -0.05) is 71.6 Å². The van der Waals surface area contributed by atoms with Crippen LogP contribution < -0.4 is 0 Å². The number of esters is 1. The molecule has 6 heteroatoms. The lowest BCUT2D eigenvalue weighted by Gasteiger charge is -2.20. The molecule has 0 aromatic rings. The number of carbonyl (C=O) groups is 2. The lowest BCUT2D eigenvalue weighted by atomic mass is 10.0. The van der Waals surface area contributed by atoms with Crippen LogP contribution in [0.25, 0.3) is 0 Å². The molecule has 1 fully saturated rings. The molecule has 1 aliphatic heterocycles. The molecule has 32 heavy (non-hydrogen) atoms. The zero-order valence-corrected chi connectivity index (χ0v) is 20.7. The molecule has 1 aliphatic rings. The Labute approximate surface area is 196 Å². The lowest BCUT2D eigenvalue weighted by Crippen LogP contribution is -2.36. The topological polar surface area (TPSA) is 87.1 Å². The van der Waals surface area contributed by atoms with Gasteiger partial charge in [-0.2, -0.15) is 0 Å². The zero-order chi connectivity index (χ0) is 23.6. The Kier molecular flexibility index (Phi) is 16.5.